The van der Waals surface area contributed by atoms with Gasteiger partial charge in [0.05, 0.1) is 0 Å². The van der Waals surface area contributed by atoms with Crippen molar-refractivity contribution in [2.45, 2.75) is 25.7 Å². The second kappa shape index (κ2) is 3.75. The van der Waals surface area contributed by atoms with E-state index >= 15 is 0 Å². The maximum atomic E-state index is 2.38. The molecule has 0 bridgehead atoms. The SMILES string of the molecule is C1=C\C=C/C2CCCCC2\C=C/1. The summed E-state index contributed by atoms with van der Waals surface area (Å²) >= 11 is 0. The van der Waals surface area contributed by atoms with Gasteiger partial charge in [-0.25, -0.2) is 0 Å². The van der Waals surface area contributed by atoms with Crippen molar-refractivity contribution in [2.24, 2.45) is 11.8 Å². The Kier molecular flexibility index (Phi) is 2.45. The molecular weight excluding hydrogens is 144 g/mol. The van der Waals surface area contributed by atoms with E-state index in [9.17, 15) is 0 Å². The van der Waals surface area contributed by atoms with Gasteiger partial charge in [-0.3, -0.25) is 0 Å². The first-order valence-corrected chi connectivity index (χ1v) is 4.98. The van der Waals surface area contributed by atoms with E-state index in [-0.39, 0.29) is 0 Å². The van der Waals surface area contributed by atoms with Crippen molar-refractivity contribution in [1.29, 1.82) is 0 Å². The molecule has 0 spiro atoms. The molecule has 2 atom stereocenters. The summed E-state index contributed by atoms with van der Waals surface area (Å²) in [4.78, 5) is 0. The van der Waals surface area contributed by atoms with E-state index in [1.165, 1.54) is 25.7 Å². The van der Waals surface area contributed by atoms with E-state index in [0.717, 1.165) is 11.8 Å². The summed E-state index contributed by atoms with van der Waals surface area (Å²) in [6, 6.07) is 0. The van der Waals surface area contributed by atoms with Crippen LogP contribution in [0.2, 0.25) is 0 Å². The van der Waals surface area contributed by atoms with Crippen LogP contribution in [0.25, 0.3) is 0 Å². The molecule has 2 aliphatic rings. The van der Waals surface area contributed by atoms with Gasteiger partial charge in [0, 0.05) is 0 Å². The maximum Gasteiger partial charge on any atom is -0.0167 e. The molecule has 0 aliphatic heterocycles. The molecule has 0 amide bonds. The molecule has 0 nitrogen and oxygen atoms in total. The normalized spacial score (nSPS) is 42.0. The van der Waals surface area contributed by atoms with Crippen LogP contribution in [0.1, 0.15) is 25.7 Å². The summed E-state index contributed by atoms with van der Waals surface area (Å²) in [6.07, 6.45) is 19.0. The monoisotopic (exact) mass is 160 g/mol. The van der Waals surface area contributed by atoms with E-state index in [0.29, 0.717) is 0 Å². The smallest absolute Gasteiger partial charge is 0.0167 e. The molecule has 1 saturated carbocycles. The fourth-order valence-electron chi connectivity index (χ4n) is 2.21. The second-order valence-electron chi connectivity index (χ2n) is 3.77. The molecule has 0 radical (unpaired) electrons. The van der Waals surface area contributed by atoms with Gasteiger partial charge in [-0.2, -0.15) is 0 Å². The Hall–Kier alpha value is -0.780. The number of hydrogen-bond donors (Lipinski definition) is 0. The Balaban J connectivity index is 2.15. The average molecular weight is 160 g/mol. The Morgan fingerprint density at radius 1 is 0.667 bits per heavy atom. The molecular formula is C12H16. The lowest BCUT2D eigenvalue weighted by atomic mass is 9.78. The van der Waals surface area contributed by atoms with Crippen LogP contribution in [-0.2, 0) is 0 Å². The fourth-order valence-corrected chi connectivity index (χ4v) is 2.21. The quantitative estimate of drug-likeness (QED) is 0.509. The van der Waals surface area contributed by atoms with Crippen molar-refractivity contribution in [1.82, 2.24) is 0 Å². The van der Waals surface area contributed by atoms with E-state index in [1.54, 1.807) is 0 Å². The van der Waals surface area contributed by atoms with Gasteiger partial charge in [0.2, 0.25) is 0 Å². The van der Waals surface area contributed by atoms with Crippen LogP contribution in [-0.4, -0.2) is 0 Å². The van der Waals surface area contributed by atoms with Crippen LogP contribution in [0.3, 0.4) is 0 Å². The molecule has 0 saturated heterocycles. The first kappa shape index (κ1) is 7.85. The highest BCUT2D eigenvalue weighted by molar-refractivity contribution is 5.17. The van der Waals surface area contributed by atoms with Crippen molar-refractivity contribution in [3.63, 3.8) is 0 Å². The minimum absolute atomic E-state index is 0.819. The molecule has 2 rings (SSSR count). The highest BCUT2D eigenvalue weighted by Crippen LogP contribution is 2.32. The van der Waals surface area contributed by atoms with Gasteiger partial charge in [-0.05, 0) is 24.7 Å². The van der Waals surface area contributed by atoms with E-state index in [4.69, 9.17) is 0 Å². The number of allylic oxidation sites excluding steroid dienone is 6. The Bertz CT molecular complexity index is 196. The topological polar surface area (TPSA) is 0 Å². The van der Waals surface area contributed by atoms with Crippen molar-refractivity contribution in [3.05, 3.63) is 36.5 Å². The Morgan fingerprint density at radius 2 is 1.17 bits per heavy atom. The highest BCUT2D eigenvalue weighted by atomic mass is 14.2. The van der Waals surface area contributed by atoms with Crippen LogP contribution >= 0.6 is 0 Å². The molecule has 0 aromatic carbocycles. The third-order valence-corrected chi connectivity index (χ3v) is 2.92. The Morgan fingerprint density at radius 3 is 1.67 bits per heavy atom. The van der Waals surface area contributed by atoms with Crippen LogP contribution in [0, 0.1) is 11.8 Å². The largest absolute Gasteiger partial charge is 0.0808 e. The molecule has 0 heteroatoms. The minimum atomic E-state index is 0.819. The molecule has 0 aromatic rings. The molecule has 64 valence electrons. The predicted octanol–water partition coefficient (Wildman–Crippen LogP) is 3.48. The van der Waals surface area contributed by atoms with Crippen molar-refractivity contribution in [3.8, 4) is 0 Å². The number of fused-ring (bicyclic) bond motifs is 1. The van der Waals surface area contributed by atoms with Crippen LogP contribution in [0.4, 0.5) is 0 Å². The van der Waals surface area contributed by atoms with Gasteiger partial charge >= 0.3 is 0 Å². The lowest BCUT2D eigenvalue weighted by molar-refractivity contribution is 0.337. The zero-order chi connectivity index (χ0) is 8.23. The van der Waals surface area contributed by atoms with Gasteiger partial charge in [-0.1, -0.05) is 49.3 Å². The number of hydrogen-bond acceptors (Lipinski definition) is 0. The minimum Gasteiger partial charge on any atom is -0.0808 e. The third-order valence-electron chi connectivity index (χ3n) is 2.92. The molecule has 12 heavy (non-hydrogen) atoms. The van der Waals surface area contributed by atoms with Crippen LogP contribution < -0.4 is 0 Å². The molecule has 0 N–H and O–H groups in total. The summed E-state index contributed by atoms with van der Waals surface area (Å²) in [5.41, 5.74) is 0. The van der Waals surface area contributed by atoms with Gasteiger partial charge in [-0.15, -0.1) is 0 Å². The number of rotatable bonds is 0. The first-order chi connectivity index (χ1) is 5.97. The molecule has 0 heterocycles. The Labute approximate surface area is 74.7 Å². The highest BCUT2D eigenvalue weighted by Gasteiger charge is 2.20. The van der Waals surface area contributed by atoms with Gasteiger partial charge < -0.3 is 0 Å². The summed E-state index contributed by atoms with van der Waals surface area (Å²) < 4.78 is 0. The molecule has 1 fully saturated rings. The third kappa shape index (κ3) is 1.69. The predicted molar refractivity (Wildman–Crippen MR) is 52.9 cm³/mol. The van der Waals surface area contributed by atoms with Crippen molar-refractivity contribution in [2.75, 3.05) is 0 Å². The summed E-state index contributed by atoms with van der Waals surface area (Å²) in [6.45, 7) is 0. The zero-order valence-corrected chi connectivity index (χ0v) is 7.45. The lowest BCUT2D eigenvalue weighted by Crippen LogP contribution is -2.15. The van der Waals surface area contributed by atoms with E-state index < -0.39 is 0 Å². The van der Waals surface area contributed by atoms with Crippen molar-refractivity contribution >= 4 is 0 Å². The van der Waals surface area contributed by atoms with Gasteiger partial charge in [0.15, 0.2) is 0 Å². The second-order valence-corrected chi connectivity index (χ2v) is 3.77. The average Bonchev–Trinajstić information content (AvgIpc) is 2.06. The van der Waals surface area contributed by atoms with Crippen LogP contribution in [0.15, 0.2) is 36.5 Å². The van der Waals surface area contributed by atoms with Gasteiger partial charge in [0.1, 0.15) is 0 Å². The summed E-state index contributed by atoms with van der Waals surface area (Å²) in [7, 11) is 0. The first-order valence-electron chi connectivity index (χ1n) is 4.98. The zero-order valence-electron chi connectivity index (χ0n) is 7.45. The molecule has 2 unspecified atom stereocenters. The fraction of sp³-hybridized carbons (Fsp3) is 0.500. The molecule has 2 aliphatic carbocycles. The maximum absolute atomic E-state index is 2.38. The van der Waals surface area contributed by atoms with E-state index in [2.05, 4.69) is 36.5 Å². The summed E-state index contributed by atoms with van der Waals surface area (Å²) in [5.74, 6) is 1.64. The van der Waals surface area contributed by atoms with Gasteiger partial charge in [0.25, 0.3) is 0 Å². The van der Waals surface area contributed by atoms with Crippen molar-refractivity contribution < 1.29 is 0 Å². The summed E-state index contributed by atoms with van der Waals surface area (Å²) in [5, 5.41) is 0. The van der Waals surface area contributed by atoms with Crippen LogP contribution in [0.5, 0.6) is 0 Å². The lowest BCUT2D eigenvalue weighted by Gasteiger charge is -2.27. The standard InChI is InChI=1S/C12H16/c1-2-4-8-12-10-6-5-9-11(12)7-3-1/h1-4,7-8,11-12H,5-6,9-10H2/b2-1-,7-3-,8-4-. The molecule has 0 aromatic heterocycles. The van der Waals surface area contributed by atoms with E-state index in [1.807, 2.05) is 0 Å².